The lowest BCUT2D eigenvalue weighted by Gasteiger charge is -2.05. The molecule has 1 aromatic heterocycles. The molecule has 0 amide bonds. The Hall–Kier alpha value is -0.810. The van der Waals surface area contributed by atoms with Crippen molar-refractivity contribution in [3.05, 3.63) is 26.6 Å². The molecule has 0 aliphatic rings. The second-order valence-electron chi connectivity index (χ2n) is 2.44. The van der Waals surface area contributed by atoms with E-state index in [4.69, 9.17) is 16.9 Å². The summed E-state index contributed by atoms with van der Waals surface area (Å²) in [4.78, 5) is 14.1. The predicted molar refractivity (Wildman–Crippen MR) is 56.8 cm³/mol. The van der Waals surface area contributed by atoms with Crippen molar-refractivity contribution in [2.75, 3.05) is 0 Å². The zero-order valence-corrected chi connectivity index (χ0v) is 9.88. The predicted octanol–water partition coefficient (Wildman–Crippen LogP) is 2.87. The van der Waals surface area contributed by atoms with E-state index in [9.17, 15) is 13.6 Å². The lowest BCUT2D eigenvalue weighted by Crippen LogP contribution is -2.04. The molecule has 1 rings (SSSR count). The third-order valence-electron chi connectivity index (χ3n) is 1.51. The van der Waals surface area contributed by atoms with Crippen molar-refractivity contribution in [2.24, 2.45) is 0 Å². The van der Waals surface area contributed by atoms with Crippen LogP contribution in [0, 0.1) is 14.9 Å². The van der Waals surface area contributed by atoms with E-state index in [1.165, 1.54) is 0 Å². The van der Waals surface area contributed by atoms with Crippen molar-refractivity contribution in [3.8, 4) is 6.07 Å². The molecular weight excluding hydrogens is 340 g/mol. The third-order valence-corrected chi connectivity index (χ3v) is 2.84. The average molecular weight is 342 g/mol. The van der Waals surface area contributed by atoms with E-state index in [2.05, 4.69) is 4.98 Å². The molecular formula is C8H2ClF2IN2O. The van der Waals surface area contributed by atoms with E-state index < -0.39 is 17.4 Å². The van der Waals surface area contributed by atoms with Gasteiger partial charge in [0.2, 0.25) is 0 Å². The number of halogens is 4. The molecule has 0 atom stereocenters. The van der Waals surface area contributed by atoms with Gasteiger partial charge in [0.05, 0.1) is 9.13 Å². The van der Waals surface area contributed by atoms with Crippen LogP contribution in [0.5, 0.6) is 0 Å². The van der Waals surface area contributed by atoms with Crippen molar-refractivity contribution >= 4 is 39.4 Å². The van der Waals surface area contributed by atoms with Crippen LogP contribution in [0.25, 0.3) is 0 Å². The number of nitrogens with zero attached hydrogens (tertiary/aromatic N) is 2. The van der Waals surface area contributed by atoms with Gasteiger partial charge < -0.3 is 0 Å². The lowest BCUT2D eigenvalue weighted by atomic mass is 10.2. The first-order chi connectivity index (χ1) is 6.97. The molecule has 3 nitrogen and oxygen atoms in total. The van der Waals surface area contributed by atoms with Crippen LogP contribution in [0.1, 0.15) is 28.2 Å². The number of aromatic nitrogens is 1. The maximum Gasteiger partial charge on any atom is 0.281 e. The summed E-state index contributed by atoms with van der Waals surface area (Å²) >= 11 is 6.68. The number of pyridine rings is 1. The van der Waals surface area contributed by atoms with Gasteiger partial charge in [-0.3, -0.25) is 4.79 Å². The van der Waals surface area contributed by atoms with Crippen molar-refractivity contribution in [1.82, 2.24) is 4.98 Å². The van der Waals surface area contributed by atoms with Crippen molar-refractivity contribution in [3.63, 3.8) is 0 Å². The Labute approximate surface area is 102 Å². The summed E-state index contributed by atoms with van der Waals surface area (Å²) in [5.74, 6) is 0. The van der Waals surface area contributed by atoms with Crippen molar-refractivity contribution in [1.29, 1.82) is 5.26 Å². The molecule has 15 heavy (non-hydrogen) atoms. The maximum absolute atomic E-state index is 12.5. The molecule has 0 aliphatic carbocycles. The highest BCUT2D eigenvalue weighted by molar-refractivity contribution is 14.1. The Morgan fingerprint density at radius 3 is 2.67 bits per heavy atom. The molecule has 7 heteroatoms. The Kier molecular flexibility index (Phi) is 3.93. The van der Waals surface area contributed by atoms with Crippen LogP contribution in [-0.4, -0.2) is 10.2 Å². The topological polar surface area (TPSA) is 53.8 Å². The van der Waals surface area contributed by atoms with E-state index in [0.717, 1.165) is 6.07 Å². The highest BCUT2D eigenvalue weighted by atomic mass is 127. The fraction of sp³-hybridized carbons (Fsp3) is 0.125. The molecule has 0 radical (unpaired) electrons. The smallest absolute Gasteiger partial charge is 0.274 e. The highest BCUT2D eigenvalue weighted by Crippen LogP contribution is 2.25. The molecule has 1 heterocycles. The minimum Gasteiger partial charge on any atom is -0.274 e. The van der Waals surface area contributed by atoms with Gasteiger partial charge in [-0.05, 0) is 40.3 Å². The summed E-state index contributed by atoms with van der Waals surface area (Å²) in [5, 5.41) is 7.68. The molecule has 0 saturated heterocycles. The molecule has 78 valence electrons. The minimum atomic E-state index is -2.85. The van der Waals surface area contributed by atoms with Crippen LogP contribution >= 0.6 is 34.2 Å². The number of alkyl halides is 2. The Bertz CT molecular complexity index is 459. The fourth-order valence-corrected chi connectivity index (χ4v) is 1.60. The average Bonchev–Trinajstić information content (AvgIpc) is 2.17. The molecule has 0 unspecified atom stereocenters. The summed E-state index contributed by atoms with van der Waals surface area (Å²) in [6.45, 7) is 0. The molecule has 0 fully saturated rings. The number of hydrogen-bond donors (Lipinski definition) is 0. The summed E-state index contributed by atoms with van der Waals surface area (Å²) < 4.78 is 24.9. The van der Waals surface area contributed by atoms with Gasteiger partial charge in [-0.2, -0.15) is 5.26 Å². The van der Waals surface area contributed by atoms with E-state index >= 15 is 0 Å². The van der Waals surface area contributed by atoms with Crippen molar-refractivity contribution in [2.45, 2.75) is 6.43 Å². The first kappa shape index (κ1) is 12.3. The van der Waals surface area contributed by atoms with E-state index in [1.807, 2.05) is 0 Å². The van der Waals surface area contributed by atoms with Gasteiger partial charge in [0.1, 0.15) is 17.5 Å². The van der Waals surface area contributed by atoms with Crippen LogP contribution in [0.15, 0.2) is 6.07 Å². The third kappa shape index (κ3) is 2.60. The summed E-state index contributed by atoms with van der Waals surface area (Å²) in [7, 11) is 0. The highest BCUT2D eigenvalue weighted by Gasteiger charge is 2.19. The summed E-state index contributed by atoms with van der Waals surface area (Å²) in [6.07, 6.45) is -2.85. The standard InChI is InChI=1S/C8H2ClF2IN2O/c9-7(15)4-1-3(2-13)5(12)6(14-4)8(10)11/h1,8H. The SMILES string of the molecule is N#Cc1cc(C(=O)Cl)nc(C(F)F)c1I. The van der Waals surface area contributed by atoms with Gasteiger partial charge >= 0.3 is 0 Å². The first-order valence-corrected chi connectivity index (χ1v) is 5.01. The maximum atomic E-state index is 12.5. The second kappa shape index (κ2) is 4.81. The van der Waals surface area contributed by atoms with Crippen LogP contribution in [0.3, 0.4) is 0 Å². The molecule has 0 spiro atoms. The summed E-state index contributed by atoms with van der Waals surface area (Å²) in [6, 6.07) is 2.78. The van der Waals surface area contributed by atoms with Gasteiger partial charge in [0.15, 0.2) is 0 Å². The van der Waals surface area contributed by atoms with Gasteiger partial charge in [-0.1, -0.05) is 0 Å². The minimum absolute atomic E-state index is 0.0340. The van der Waals surface area contributed by atoms with Gasteiger partial charge in [-0.25, -0.2) is 13.8 Å². The van der Waals surface area contributed by atoms with Crippen LogP contribution in [0.2, 0.25) is 0 Å². The summed E-state index contributed by atoms with van der Waals surface area (Å²) in [5.41, 5.74) is -0.979. The molecule has 1 aromatic rings. The van der Waals surface area contributed by atoms with E-state index in [-0.39, 0.29) is 14.8 Å². The normalized spacial score (nSPS) is 10.1. The second-order valence-corrected chi connectivity index (χ2v) is 3.86. The monoisotopic (exact) mass is 342 g/mol. The quantitative estimate of drug-likeness (QED) is 0.613. The molecule has 0 N–H and O–H groups in total. The zero-order valence-electron chi connectivity index (χ0n) is 6.97. The Morgan fingerprint density at radius 1 is 1.67 bits per heavy atom. The van der Waals surface area contributed by atoms with Gasteiger partial charge in [-0.15, -0.1) is 0 Å². The fourth-order valence-electron chi connectivity index (χ4n) is 0.876. The number of carbonyl (C=O) groups is 1. The van der Waals surface area contributed by atoms with Crippen LogP contribution in [0.4, 0.5) is 8.78 Å². The largest absolute Gasteiger partial charge is 0.281 e. The number of hydrogen-bond acceptors (Lipinski definition) is 3. The molecule has 0 aromatic carbocycles. The van der Waals surface area contributed by atoms with Crippen LogP contribution < -0.4 is 0 Å². The van der Waals surface area contributed by atoms with E-state index in [1.54, 1.807) is 28.7 Å². The molecule has 0 bridgehead atoms. The van der Waals surface area contributed by atoms with Gasteiger partial charge in [0.25, 0.3) is 11.7 Å². The molecule has 0 aliphatic heterocycles. The number of carbonyl (C=O) groups excluding carboxylic acids is 1. The van der Waals surface area contributed by atoms with Crippen LogP contribution in [-0.2, 0) is 0 Å². The van der Waals surface area contributed by atoms with E-state index in [0.29, 0.717) is 0 Å². The first-order valence-electron chi connectivity index (χ1n) is 3.56. The number of nitriles is 1. The number of rotatable bonds is 2. The molecule has 0 saturated carbocycles. The Balaban J connectivity index is 3.47. The van der Waals surface area contributed by atoms with Gasteiger partial charge in [0, 0.05) is 0 Å². The lowest BCUT2D eigenvalue weighted by molar-refractivity contribution is 0.107. The zero-order chi connectivity index (χ0) is 11.6. The van der Waals surface area contributed by atoms with Crippen molar-refractivity contribution < 1.29 is 13.6 Å². The Morgan fingerprint density at radius 2 is 2.27 bits per heavy atom.